The SMILES string of the molecule is Cn1nc(-c2ccccc2)c2c1OC(N)=C(C#N)C2c1ccc(-n2ccnc2-c2ccncc2)cc1. The maximum absolute atomic E-state index is 10.0. The molecule has 1 aliphatic heterocycles. The van der Waals surface area contributed by atoms with E-state index >= 15 is 0 Å². The molecular weight excluding hydrogens is 450 g/mol. The third-order valence-electron chi connectivity index (χ3n) is 6.33. The van der Waals surface area contributed by atoms with E-state index in [1.54, 1.807) is 23.3 Å². The summed E-state index contributed by atoms with van der Waals surface area (Å²) in [5, 5.41) is 14.8. The number of rotatable bonds is 4. The van der Waals surface area contributed by atoms with Crippen molar-refractivity contribution in [2.75, 3.05) is 0 Å². The van der Waals surface area contributed by atoms with Gasteiger partial charge in [0.05, 0.1) is 11.5 Å². The molecule has 4 heterocycles. The van der Waals surface area contributed by atoms with Gasteiger partial charge in [0, 0.05) is 48.6 Å². The summed E-state index contributed by atoms with van der Waals surface area (Å²) in [6, 6.07) is 24.1. The number of nitrogens with two attached hydrogens (primary N) is 1. The van der Waals surface area contributed by atoms with Crippen molar-refractivity contribution in [2.45, 2.75) is 5.92 Å². The van der Waals surface area contributed by atoms with E-state index in [0.29, 0.717) is 11.5 Å². The van der Waals surface area contributed by atoms with E-state index in [0.717, 1.165) is 39.5 Å². The van der Waals surface area contributed by atoms with Crippen molar-refractivity contribution in [3.05, 3.63) is 114 Å². The van der Waals surface area contributed by atoms with Crippen molar-refractivity contribution in [3.8, 4) is 40.3 Å². The molecule has 0 aliphatic carbocycles. The van der Waals surface area contributed by atoms with Crippen molar-refractivity contribution < 1.29 is 4.74 Å². The first-order chi connectivity index (χ1) is 17.7. The van der Waals surface area contributed by atoms with Crippen LogP contribution < -0.4 is 10.5 Å². The minimum Gasteiger partial charge on any atom is -0.422 e. The molecule has 8 heteroatoms. The average Bonchev–Trinajstić information content (AvgIpc) is 3.54. The lowest BCUT2D eigenvalue weighted by Gasteiger charge is -2.25. The predicted octanol–water partition coefficient (Wildman–Crippen LogP) is 4.55. The molecule has 3 aromatic heterocycles. The van der Waals surface area contributed by atoms with Crippen LogP contribution in [0.1, 0.15) is 17.0 Å². The molecule has 0 amide bonds. The molecule has 36 heavy (non-hydrogen) atoms. The summed E-state index contributed by atoms with van der Waals surface area (Å²) in [6.07, 6.45) is 7.19. The zero-order chi connectivity index (χ0) is 24.6. The van der Waals surface area contributed by atoms with E-state index in [4.69, 9.17) is 15.6 Å². The smallest absolute Gasteiger partial charge is 0.224 e. The third-order valence-corrected chi connectivity index (χ3v) is 6.33. The van der Waals surface area contributed by atoms with E-state index in [1.165, 1.54) is 0 Å². The Balaban J connectivity index is 1.46. The van der Waals surface area contributed by atoms with E-state index in [2.05, 4.69) is 16.0 Å². The largest absolute Gasteiger partial charge is 0.422 e. The minimum atomic E-state index is -0.417. The van der Waals surface area contributed by atoms with Gasteiger partial charge in [-0.25, -0.2) is 9.67 Å². The van der Waals surface area contributed by atoms with Gasteiger partial charge in [0.25, 0.3) is 0 Å². The Morgan fingerprint density at radius 2 is 1.69 bits per heavy atom. The summed E-state index contributed by atoms with van der Waals surface area (Å²) in [4.78, 5) is 8.63. The highest BCUT2D eigenvalue weighted by Gasteiger charge is 2.36. The van der Waals surface area contributed by atoms with Crippen LogP contribution in [0.4, 0.5) is 0 Å². The van der Waals surface area contributed by atoms with Gasteiger partial charge in [0.1, 0.15) is 23.2 Å². The number of nitriles is 1. The number of aromatic nitrogens is 5. The maximum atomic E-state index is 10.0. The number of imidazole rings is 1. The standard InChI is InChI=1S/C28H21N7O/c1-34-28-24(25(33-34)19-5-3-2-4-6-19)23(22(17-29)26(30)36-28)18-7-9-21(10-8-18)35-16-15-32-27(35)20-11-13-31-14-12-20/h2-16,23H,30H2,1H3. The van der Waals surface area contributed by atoms with Crippen molar-refractivity contribution in [1.29, 1.82) is 5.26 Å². The number of hydrogen-bond acceptors (Lipinski definition) is 6. The Labute approximate surface area is 207 Å². The molecule has 5 aromatic rings. The number of hydrogen-bond donors (Lipinski definition) is 1. The van der Waals surface area contributed by atoms with Crippen LogP contribution in [0, 0.1) is 11.3 Å². The Bertz CT molecular complexity index is 1630. The Morgan fingerprint density at radius 3 is 2.42 bits per heavy atom. The zero-order valence-corrected chi connectivity index (χ0v) is 19.4. The summed E-state index contributed by atoms with van der Waals surface area (Å²) in [7, 11) is 1.82. The molecule has 0 saturated heterocycles. The number of allylic oxidation sites excluding steroid dienone is 1. The fourth-order valence-electron chi connectivity index (χ4n) is 4.67. The number of fused-ring (bicyclic) bond motifs is 1. The normalized spacial score (nSPS) is 14.7. The second-order valence-corrected chi connectivity index (χ2v) is 8.43. The fraction of sp³-hybridized carbons (Fsp3) is 0.0714. The molecule has 1 atom stereocenters. The lowest BCUT2D eigenvalue weighted by molar-refractivity contribution is 0.358. The highest BCUT2D eigenvalue weighted by atomic mass is 16.5. The van der Waals surface area contributed by atoms with Gasteiger partial charge >= 0.3 is 0 Å². The first-order valence-electron chi connectivity index (χ1n) is 11.4. The van der Waals surface area contributed by atoms with Crippen LogP contribution in [-0.4, -0.2) is 24.3 Å². The van der Waals surface area contributed by atoms with Gasteiger partial charge in [-0.3, -0.25) is 9.55 Å². The minimum absolute atomic E-state index is 0.0938. The van der Waals surface area contributed by atoms with Gasteiger partial charge in [-0.05, 0) is 29.8 Å². The molecule has 1 unspecified atom stereocenters. The van der Waals surface area contributed by atoms with Crippen LogP contribution in [0.25, 0.3) is 28.3 Å². The quantitative estimate of drug-likeness (QED) is 0.412. The van der Waals surface area contributed by atoms with Gasteiger partial charge in [0.15, 0.2) is 0 Å². The number of benzene rings is 2. The van der Waals surface area contributed by atoms with Crippen LogP contribution in [-0.2, 0) is 7.05 Å². The molecule has 1 aliphatic rings. The highest BCUT2D eigenvalue weighted by Crippen LogP contribution is 2.46. The van der Waals surface area contributed by atoms with E-state index in [1.807, 2.05) is 84.5 Å². The van der Waals surface area contributed by atoms with Crippen LogP contribution in [0.3, 0.4) is 0 Å². The lowest BCUT2D eigenvalue weighted by atomic mass is 9.83. The van der Waals surface area contributed by atoms with Gasteiger partial charge in [-0.2, -0.15) is 10.4 Å². The van der Waals surface area contributed by atoms with Crippen molar-refractivity contribution in [2.24, 2.45) is 12.8 Å². The van der Waals surface area contributed by atoms with Crippen LogP contribution in [0.5, 0.6) is 5.88 Å². The van der Waals surface area contributed by atoms with Crippen molar-refractivity contribution in [1.82, 2.24) is 24.3 Å². The van der Waals surface area contributed by atoms with E-state index in [9.17, 15) is 5.26 Å². The zero-order valence-electron chi connectivity index (χ0n) is 19.4. The highest BCUT2D eigenvalue weighted by molar-refractivity contribution is 5.71. The molecular formula is C28H21N7O. The second-order valence-electron chi connectivity index (χ2n) is 8.43. The van der Waals surface area contributed by atoms with E-state index in [-0.39, 0.29) is 5.88 Å². The number of pyridine rings is 1. The van der Waals surface area contributed by atoms with Gasteiger partial charge < -0.3 is 10.5 Å². The third kappa shape index (κ3) is 3.42. The molecule has 0 saturated carbocycles. The van der Waals surface area contributed by atoms with Crippen molar-refractivity contribution >= 4 is 0 Å². The molecule has 8 nitrogen and oxygen atoms in total. The molecule has 0 fully saturated rings. The summed E-state index contributed by atoms with van der Waals surface area (Å²) in [5.41, 5.74) is 11.9. The lowest BCUT2D eigenvalue weighted by Crippen LogP contribution is -2.21. The summed E-state index contributed by atoms with van der Waals surface area (Å²) < 4.78 is 9.58. The summed E-state index contributed by atoms with van der Waals surface area (Å²) in [5.74, 6) is 1.03. The first kappa shape index (κ1) is 21.4. The summed E-state index contributed by atoms with van der Waals surface area (Å²) >= 11 is 0. The van der Waals surface area contributed by atoms with Gasteiger partial charge in [-0.1, -0.05) is 42.5 Å². The number of ether oxygens (including phenoxy) is 1. The Kier molecular flexibility index (Phi) is 5.08. The topological polar surface area (TPSA) is 108 Å². The molecule has 2 aromatic carbocycles. The van der Waals surface area contributed by atoms with Gasteiger partial charge in [0.2, 0.25) is 11.8 Å². The second kappa shape index (κ2) is 8.56. The first-order valence-corrected chi connectivity index (χ1v) is 11.4. The van der Waals surface area contributed by atoms with Crippen molar-refractivity contribution in [3.63, 3.8) is 0 Å². The number of nitrogens with zero attached hydrogens (tertiary/aromatic N) is 6. The summed E-state index contributed by atoms with van der Waals surface area (Å²) in [6.45, 7) is 0. The predicted molar refractivity (Wildman–Crippen MR) is 135 cm³/mol. The average molecular weight is 472 g/mol. The van der Waals surface area contributed by atoms with Gasteiger partial charge in [-0.15, -0.1) is 0 Å². The van der Waals surface area contributed by atoms with Crippen LogP contribution in [0.15, 0.2) is 103 Å². The van der Waals surface area contributed by atoms with E-state index < -0.39 is 5.92 Å². The molecule has 0 bridgehead atoms. The molecule has 174 valence electrons. The monoisotopic (exact) mass is 471 g/mol. The molecule has 0 radical (unpaired) electrons. The fourth-order valence-corrected chi connectivity index (χ4v) is 4.67. The molecule has 6 rings (SSSR count). The maximum Gasteiger partial charge on any atom is 0.224 e. The molecule has 2 N–H and O–H groups in total. The number of aryl methyl sites for hydroxylation is 1. The Hall–Kier alpha value is -5.16. The van der Waals surface area contributed by atoms with Crippen LogP contribution in [0.2, 0.25) is 0 Å². The van der Waals surface area contributed by atoms with Crippen LogP contribution >= 0.6 is 0 Å². The molecule has 0 spiro atoms. The Morgan fingerprint density at radius 1 is 0.944 bits per heavy atom.